The molecule has 0 radical (unpaired) electrons. The van der Waals surface area contributed by atoms with E-state index in [4.69, 9.17) is 47.5 Å². The molecule has 3 heterocycles. The maximum atomic E-state index is 12.8. The van der Waals surface area contributed by atoms with Gasteiger partial charge in [0.15, 0.2) is 11.7 Å². The fourth-order valence-corrected chi connectivity index (χ4v) is 7.30. The Hall–Kier alpha value is -10.0. The minimum Gasteiger partial charge on any atom is -0.489 e. The number of carboxylic acid groups (broad SMARTS) is 1. The molecule has 0 aliphatic rings. The molecule has 0 spiro atoms. The van der Waals surface area contributed by atoms with Crippen LogP contribution in [0.4, 0.5) is 11.6 Å². The number of nitrogen functional groups attached to an aromatic ring is 1. The number of pyridine rings is 2. The van der Waals surface area contributed by atoms with E-state index in [1.807, 2.05) is 141 Å². The molecule has 0 bridgehead atoms. The summed E-state index contributed by atoms with van der Waals surface area (Å²) >= 11 is 5.40. The molecule has 0 fully saturated rings. The van der Waals surface area contributed by atoms with E-state index in [1.54, 1.807) is 85.2 Å². The van der Waals surface area contributed by atoms with Crippen molar-refractivity contribution in [3.63, 3.8) is 0 Å². The van der Waals surface area contributed by atoms with Crippen molar-refractivity contribution in [3.05, 3.63) is 246 Å². The first-order valence-electron chi connectivity index (χ1n) is 25.2. The summed E-state index contributed by atoms with van der Waals surface area (Å²) in [5.74, 6) is 2.28. The van der Waals surface area contributed by atoms with Gasteiger partial charge in [0.05, 0.1) is 11.9 Å². The molecular formula is C68H85ClN10O7. The first kappa shape index (κ1) is 76.0. The van der Waals surface area contributed by atoms with Crippen molar-refractivity contribution in [1.82, 2.24) is 29.6 Å². The fourth-order valence-electron chi connectivity index (χ4n) is 7.19. The third kappa shape index (κ3) is 24.4. The molecule has 18 heteroatoms. The van der Waals surface area contributed by atoms with Gasteiger partial charge >= 0.3 is 5.97 Å². The lowest BCUT2D eigenvalue weighted by Crippen LogP contribution is -2.36. The van der Waals surface area contributed by atoms with Gasteiger partial charge in [-0.1, -0.05) is 166 Å². The molecule has 6 aromatic carbocycles. The maximum Gasteiger partial charge on any atom is 0.335 e. The number of aromatic nitrogens is 5. The highest BCUT2D eigenvalue weighted by Gasteiger charge is 2.16. The first-order chi connectivity index (χ1) is 38.7. The number of amidine groups is 1. The number of benzene rings is 6. The number of carboxylic acids is 1. The SMILES string of the molecule is C.C.C.C.C.C.CC(C)N(C=N)C(=N)c1cccc(N)n1.CC(C)n1cnnc1-c1cccc(NC(=O)c2cccc(OCc3ccccc3)c2)n1.O=C(Cl)c1cccc(OCc2ccccc2)c1.O=C(O)c1cccc(OCc2ccccc2)c1. The monoisotopic (exact) mass is 1190 g/mol. The predicted octanol–water partition coefficient (Wildman–Crippen LogP) is 16.5. The average Bonchev–Trinajstić information content (AvgIpc) is 4.08. The van der Waals surface area contributed by atoms with Crippen molar-refractivity contribution in [1.29, 1.82) is 10.8 Å². The summed E-state index contributed by atoms with van der Waals surface area (Å²) in [5, 5.41) is 34.4. The van der Waals surface area contributed by atoms with Crippen LogP contribution in [0.3, 0.4) is 0 Å². The minimum absolute atomic E-state index is 0. The number of aromatic carboxylic acids is 1. The zero-order valence-corrected chi connectivity index (χ0v) is 45.3. The van der Waals surface area contributed by atoms with Crippen LogP contribution in [0.15, 0.2) is 207 Å². The Kier molecular flexibility index (Phi) is 34.9. The standard InChI is InChI=1S/C24H23N5O2.C14H11ClO2.C14H12O3.C10H15N5.6CH4/c1-17(2)29-16-25-28-23(29)21-12-7-13-22(26-21)27-24(30)19-10-6-11-20(14-19)31-15-18-8-4-3-5-9-18;2*15-14(16)12-7-4-8-13(9-12)17-10-11-5-2-1-3-6-11;1-7(2)15(6-11)10(13)8-4-3-5-9(12)14-8;;;;;;/h3-14,16-17H,15H2,1-2H3,(H,26,27,30);1-9H,10H2;1-9H,10H2,(H,15,16);3-7,11,13H,1-2H3,(H2,12,14);6*1H4. The molecule has 456 valence electrons. The molecule has 0 aliphatic carbocycles. The summed E-state index contributed by atoms with van der Waals surface area (Å²) in [6.07, 6.45) is 2.80. The number of hydrogen-bond acceptors (Lipinski definition) is 13. The summed E-state index contributed by atoms with van der Waals surface area (Å²) < 4.78 is 18.8. The molecular weight excluding hydrogens is 1100 g/mol. The number of amides is 1. The van der Waals surface area contributed by atoms with E-state index in [2.05, 4.69) is 25.5 Å². The van der Waals surface area contributed by atoms with Crippen molar-refractivity contribution in [3.8, 4) is 28.8 Å². The number of ether oxygens (including phenoxy) is 3. The number of nitrogens with zero attached hydrogens (tertiary/aromatic N) is 6. The van der Waals surface area contributed by atoms with Crippen molar-refractivity contribution >= 4 is 52.5 Å². The van der Waals surface area contributed by atoms with Crippen LogP contribution in [0.5, 0.6) is 17.2 Å². The van der Waals surface area contributed by atoms with Crippen LogP contribution in [-0.4, -0.2) is 70.1 Å². The van der Waals surface area contributed by atoms with Gasteiger partial charge in [0, 0.05) is 23.2 Å². The van der Waals surface area contributed by atoms with E-state index in [-0.39, 0.29) is 73.9 Å². The van der Waals surface area contributed by atoms with E-state index in [9.17, 15) is 14.4 Å². The Balaban J connectivity index is 0.00000115. The summed E-state index contributed by atoms with van der Waals surface area (Å²) in [7, 11) is 0. The zero-order valence-electron chi connectivity index (χ0n) is 44.5. The molecule has 0 saturated carbocycles. The highest BCUT2D eigenvalue weighted by atomic mass is 35.5. The molecule has 17 nitrogen and oxygen atoms in total. The van der Waals surface area contributed by atoms with Gasteiger partial charge in [0.2, 0.25) is 0 Å². The third-order valence-corrected chi connectivity index (χ3v) is 11.5. The number of anilines is 2. The second kappa shape index (κ2) is 39.5. The van der Waals surface area contributed by atoms with E-state index in [1.165, 1.54) is 17.0 Å². The lowest BCUT2D eigenvalue weighted by molar-refractivity contribution is 0.0695. The van der Waals surface area contributed by atoms with Crippen LogP contribution in [-0.2, 0) is 19.8 Å². The third-order valence-electron chi connectivity index (χ3n) is 11.3. The molecule has 0 atom stereocenters. The number of nitrogens with two attached hydrogens (primary N) is 1. The van der Waals surface area contributed by atoms with Crippen molar-refractivity contribution in [2.24, 2.45) is 0 Å². The Morgan fingerprint density at radius 2 is 1.05 bits per heavy atom. The van der Waals surface area contributed by atoms with Crippen LogP contribution in [0.25, 0.3) is 11.5 Å². The van der Waals surface area contributed by atoms with Gasteiger partial charge in [-0.3, -0.25) is 20.4 Å². The van der Waals surface area contributed by atoms with Gasteiger partial charge in [0.1, 0.15) is 66.4 Å². The van der Waals surface area contributed by atoms with E-state index in [0.717, 1.165) is 23.0 Å². The highest BCUT2D eigenvalue weighted by molar-refractivity contribution is 6.67. The second-order valence-electron chi connectivity index (χ2n) is 17.9. The Bertz CT molecular complexity index is 3340. The largest absolute Gasteiger partial charge is 0.489 e. The lowest BCUT2D eigenvalue weighted by Gasteiger charge is -2.23. The van der Waals surface area contributed by atoms with Crippen LogP contribution in [0, 0.1) is 10.8 Å². The second-order valence-corrected chi connectivity index (χ2v) is 18.3. The molecule has 1 amide bonds. The van der Waals surface area contributed by atoms with Gasteiger partial charge < -0.3 is 39.8 Å². The number of halogens is 1. The summed E-state index contributed by atoms with van der Waals surface area (Å²) in [5.41, 5.74) is 11.0. The van der Waals surface area contributed by atoms with E-state index < -0.39 is 11.2 Å². The van der Waals surface area contributed by atoms with Crippen molar-refractivity contribution < 1.29 is 33.7 Å². The quantitative estimate of drug-likeness (QED) is 0.0305. The smallest absolute Gasteiger partial charge is 0.335 e. The van der Waals surface area contributed by atoms with Gasteiger partial charge in [-0.05, 0) is 135 Å². The van der Waals surface area contributed by atoms with Gasteiger partial charge in [-0.25, -0.2) is 14.8 Å². The molecule has 0 aliphatic heterocycles. The maximum absolute atomic E-state index is 12.8. The molecule has 6 N–H and O–H groups in total. The van der Waals surface area contributed by atoms with Crippen molar-refractivity contribution in [2.75, 3.05) is 11.1 Å². The van der Waals surface area contributed by atoms with Gasteiger partial charge in [-0.15, -0.1) is 10.2 Å². The number of nitrogens with one attached hydrogen (secondary N) is 3. The number of rotatable bonds is 18. The topological polar surface area (TPSA) is 245 Å². The Labute approximate surface area is 513 Å². The van der Waals surface area contributed by atoms with Crippen LogP contribution in [0.1, 0.15) is 132 Å². The van der Waals surface area contributed by atoms with Crippen molar-refractivity contribution in [2.45, 2.75) is 104 Å². The van der Waals surface area contributed by atoms with E-state index in [0.29, 0.717) is 77.0 Å². The normalized spacial score (nSPS) is 9.57. The predicted molar refractivity (Wildman–Crippen MR) is 352 cm³/mol. The molecule has 3 aromatic heterocycles. The molecule has 86 heavy (non-hydrogen) atoms. The van der Waals surface area contributed by atoms with E-state index >= 15 is 0 Å². The van der Waals surface area contributed by atoms with Crippen LogP contribution < -0.4 is 25.3 Å². The highest BCUT2D eigenvalue weighted by Crippen LogP contribution is 2.22. The van der Waals surface area contributed by atoms with Gasteiger partial charge in [-0.2, -0.15) is 0 Å². The van der Waals surface area contributed by atoms with Crippen LogP contribution >= 0.6 is 11.6 Å². The van der Waals surface area contributed by atoms with Crippen LogP contribution in [0.2, 0.25) is 0 Å². The summed E-state index contributed by atoms with van der Waals surface area (Å²) in [6.45, 7) is 9.26. The summed E-state index contributed by atoms with van der Waals surface area (Å²) in [6, 6.07) is 60.6. The average molecular weight is 1190 g/mol. The molecule has 0 saturated heterocycles. The number of carbonyl (C=O) groups excluding carboxylic acids is 2. The van der Waals surface area contributed by atoms with Gasteiger partial charge in [0.25, 0.3) is 11.1 Å². The Morgan fingerprint density at radius 1 is 0.605 bits per heavy atom. The molecule has 9 aromatic rings. The molecule has 9 rings (SSSR count). The lowest BCUT2D eigenvalue weighted by atomic mass is 10.2. The Morgan fingerprint density at radius 3 is 1.49 bits per heavy atom. The fraction of sp³-hybridized carbons (Fsp3) is 0.221. The number of carbonyl (C=O) groups is 3. The summed E-state index contributed by atoms with van der Waals surface area (Å²) in [4.78, 5) is 44.6. The minimum atomic E-state index is -0.949. The molecule has 0 unspecified atom stereocenters. The number of hydrogen-bond donors (Lipinski definition) is 5. The zero-order chi connectivity index (χ0) is 57.2. The first-order valence-corrected chi connectivity index (χ1v) is 25.6.